The Morgan fingerprint density at radius 3 is 2.26 bits per heavy atom. The van der Waals surface area contributed by atoms with Gasteiger partial charge in [-0.2, -0.15) is 0 Å². The Morgan fingerprint density at radius 1 is 1.16 bits per heavy atom. The fourth-order valence-electron chi connectivity index (χ4n) is 2.43. The highest BCUT2D eigenvalue weighted by molar-refractivity contribution is 5.91. The third-order valence-electron chi connectivity index (χ3n) is 3.63. The van der Waals surface area contributed by atoms with Crippen LogP contribution in [0.2, 0.25) is 0 Å². The van der Waals surface area contributed by atoms with Crippen molar-refractivity contribution in [1.29, 1.82) is 0 Å². The average Bonchev–Trinajstić information content (AvgIpc) is 2.74. The molecule has 1 unspecified atom stereocenters. The number of carbonyl (C=O) groups excluding carboxylic acids is 2. The first-order valence-corrected chi connectivity index (χ1v) is 7.64. The van der Waals surface area contributed by atoms with E-state index in [0.29, 0.717) is 6.54 Å². The van der Waals surface area contributed by atoms with E-state index in [0.717, 1.165) is 12.8 Å². The van der Waals surface area contributed by atoms with Gasteiger partial charge in [-0.1, -0.05) is 51.9 Å². The first-order chi connectivity index (χ1) is 9.15. The molecule has 0 radical (unpaired) electrons. The van der Waals surface area contributed by atoms with Gasteiger partial charge in [0.25, 0.3) is 0 Å². The number of nitrogens with zero attached hydrogens (tertiary/aromatic N) is 1. The lowest BCUT2D eigenvalue weighted by molar-refractivity contribution is -0.125. The SMILES string of the molecule is CCCCCCCCCCC1CN(C(C)=O)C(=O)O1. The van der Waals surface area contributed by atoms with Gasteiger partial charge in [-0.3, -0.25) is 4.79 Å². The number of rotatable bonds is 9. The molecular weight excluding hydrogens is 242 g/mol. The third kappa shape index (κ3) is 6.08. The molecule has 0 bridgehead atoms. The largest absolute Gasteiger partial charge is 0.444 e. The lowest BCUT2D eigenvalue weighted by Crippen LogP contribution is -2.29. The van der Waals surface area contributed by atoms with Crippen LogP contribution in [-0.2, 0) is 9.53 Å². The monoisotopic (exact) mass is 269 g/mol. The Morgan fingerprint density at radius 2 is 1.74 bits per heavy atom. The van der Waals surface area contributed by atoms with E-state index in [1.165, 1.54) is 56.8 Å². The van der Waals surface area contributed by atoms with Crippen LogP contribution in [0.3, 0.4) is 0 Å². The van der Waals surface area contributed by atoms with E-state index in [1.54, 1.807) is 0 Å². The molecule has 4 heteroatoms. The number of amides is 2. The second kappa shape index (κ2) is 8.94. The van der Waals surface area contributed by atoms with E-state index in [4.69, 9.17) is 4.74 Å². The molecule has 0 aromatic heterocycles. The average molecular weight is 269 g/mol. The van der Waals surface area contributed by atoms with Crippen LogP contribution in [0.15, 0.2) is 0 Å². The minimum Gasteiger partial charge on any atom is -0.444 e. The minimum atomic E-state index is -0.475. The van der Waals surface area contributed by atoms with Gasteiger partial charge < -0.3 is 4.74 Å². The summed E-state index contributed by atoms with van der Waals surface area (Å²) in [4.78, 5) is 23.7. The molecular formula is C15H27NO3. The van der Waals surface area contributed by atoms with Crippen LogP contribution >= 0.6 is 0 Å². The lowest BCUT2D eigenvalue weighted by Gasteiger charge is -2.08. The van der Waals surface area contributed by atoms with Crippen molar-refractivity contribution in [3.8, 4) is 0 Å². The molecule has 0 spiro atoms. The number of carbonyl (C=O) groups is 2. The number of cyclic esters (lactones) is 1. The first-order valence-electron chi connectivity index (χ1n) is 7.64. The molecule has 110 valence electrons. The molecule has 1 aliphatic heterocycles. The van der Waals surface area contributed by atoms with E-state index in [9.17, 15) is 9.59 Å². The van der Waals surface area contributed by atoms with Crippen molar-refractivity contribution >= 4 is 12.0 Å². The summed E-state index contributed by atoms with van der Waals surface area (Å²) < 4.78 is 5.16. The zero-order valence-corrected chi connectivity index (χ0v) is 12.3. The second-order valence-corrected chi connectivity index (χ2v) is 5.40. The molecule has 1 rings (SSSR count). The molecule has 1 fully saturated rings. The Kier molecular flexibility index (Phi) is 7.53. The highest BCUT2D eigenvalue weighted by Crippen LogP contribution is 2.18. The molecule has 0 aromatic carbocycles. The van der Waals surface area contributed by atoms with Crippen molar-refractivity contribution in [2.45, 2.75) is 77.7 Å². The Balaban J connectivity index is 1.99. The van der Waals surface area contributed by atoms with Gasteiger partial charge in [0.15, 0.2) is 0 Å². The first kappa shape index (κ1) is 16.0. The highest BCUT2D eigenvalue weighted by atomic mass is 16.6. The molecule has 0 N–H and O–H groups in total. The topological polar surface area (TPSA) is 46.6 Å². The van der Waals surface area contributed by atoms with Gasteiger partial charge in [-0.05, 0) is 12.8 Å². The third-order valence-corrected chi connectivity index (χ3v) is 3.63. The van der Waals surface area contributed by atoms with Crippen LogP contribution in [-0.4, -0.2) is 29.5 Å². The van der Waals surface area contributed by atoms with Gasteiger partial charge in [-0.25, -0.2) is 9.69 Å². The van der Waals surface area contributed by atoms with Gasteiger partial charge in [0.05, 0.1) is 6.54 Å². The number of unbranched alkanes of at least 4 members (excludes halogenated alkanes) is 7. The molecule has 2 amide bonds. The van der Waals surface area contributed by atoms with Crippen LogP contribution < -0.4 is 0 Å². The van der Waals surface area contributed by atoms with Crippen molar-refractivity contribution in [1.82, 2.24) is 4.90 Å². The summed E-state index contributed by atoms with van der Waals surface area (Å²) in [7, 11) is 0. The van der Waals surface area contributed by atoms with Crippen molar-refractivity contribution in [3.05, 3.63) is 0 Å². The summed E-state index contributed by atoms with van der Waals surface area (Å²) in [6.07, 6.45) is 10.5. The summed E-state index contributed by atoms with van der Waals surface area (Å²) in [5, 5.41) is 0. The van der Waals surface area contributed by atoms with Gasteiger partial charge in [0, 0.05) is 6.92 Å². The number of hydrogen-bond acceptors (Lipinski definition) is 3. The Bertz CT molecular complexity index is 291. The second-order valence-electron chi connectivity index (χ2n) is 5.40. The molecule has 0 aromatic rings. The van der Waals surface area contributed by atoms with Gasteiger partial charge in [0.2, 0.25) is 5.91 Å². The van der Waals surface area contributed by atoms with Gasteiger partial charge in [0.1, 0.15) is 6.10 Å². The predicted molar refractivity (Wildman–Crippen MR) is 74.9 cm³/mol. The fourth-order valence-corrected chi connectivity index (χ4v) is 2.43. The van der Waals surface area contributed by atoms with E-state index in [1.807, 2.05) is 0 Å². The summed E-state index contributed by atoms with van der Waals surface area (Å²) in [6.45, 7) is 4.07. The molecule has 0 saturated carbocycles. The Labute approximate surface area is 116 Å². The van der Waals surface area contributed by atoms with Crippen molar-refractivity contribution in [3.63, 3.8) is 0 Å². The molecule has 1 saturated heterocycles. The molecule has 1 heterocycles. The van der Waals surface area contributed by atoms with Crippen LogP contribution in [0.1, 0.15) is 71.6 Å². The maximum atomic E-state index is 11.3. The number of imide groups is 1. The molecule has 1 aliphatic rings. The zero-order chi connectivity index (χ0) is 14.1. The van der Waals surface area contributed by atoms with Gasteiger partial charge in [-0.15, -0.1) is 0 Å². The summed E-state index contributed by atoms with van der Waals surface area (Å²) in [5.41, 5.74) is 0. The van der Waals surface area contributed by atoms with E-state index >= 15 is 0 Å². The van der Waals surface area contributed by atoms with Crippen LogP contribution in [0.5, 0.6) is 0 Å². The maximum absolute atomic E-state index is 11.3. The Hall–Kier alpha value is -1.06. The normalized spacial score (nSPS) is 18.7. The zero-order valence-electron chi connectivity index (χ0n) is 12.3. The smallest absolute Gasteiger partial charge is 0.416 e. The van der Waals surface area contributed by atoms with Crippen LogP contribution in [0.25, 0.3) is 0 Å². The van der Waals surface area contributed by atoms with E-state index in [2.05, 4.69) is 6.92 Å². The highest BCUT2D eigenvalue weighted by Gasteiger charge is 2.33. The van der Waals surface area contributed by atoms with Gasteiger partial charge >= 0.3 is 6.09 Å². The molecule has 1 atom stereocenters. The molecule has 0 aliphatic carbocycles. The predicted octanol–water partition coefficient (Wildman–Crippen LogP) is 3.88. The quantitative estimate of drug-likeness (QED) is 0.597. The van der Waals surface area contributed by atoms with E-state index < -0.39 is 6.09 Å². The summed E-state index contributed by atoms with van der Waals surface area (Å²) >= 11 is 0. The number of hydrogen-bond donors (Lipinski definition) is 0. The fraction of sp³-hybridized carbons (Fsp3) is 0.867. The van der Waals surface area contributed by atoms with Crippen molar-refractivity contribution < 1.29 is 14.3 Å². The van der Waals surface area contributed by atoms with Crippen LogP contribution in [0, 0.1) is 0 Å². The van der Waals surface area contributed by atoms with Crippen LogP contribution in [0.4, 0.5) is 4.79 Å². The minimum absolute atomic E-state index is 0.0866. The van der Waals surface area contributed by atoms with Crippen molar-refractivity contribution in [2.24, 2.45) is 0 Å². The summed E-state index contributed by atoms with van der Waals surface area (Å²) in [6, 6.07) is 0. The standard InChI is InChI=1S/C15H27NO3/c1-3-4-5-6-7-8-9-10-11-14-12-16(13(2)17)15(18)19-14/h14H,3-12H2,1-2H3. The number of ether oxygens (including phenoxy) is 1. The van der Waals surface area contributed by atoms with Crippen molar-refractivity contribution in [2.75, 3.05) is 6.54 Å². The molecule has 19 heavy (non-hydrogen) atoms. The molecule has 4 nitrogen and oxygen atoms in total. The maximum Gasteiger partial charge on any atom is 0.416 e. The summed E-state index contributed by atoms with van der Waals surface area (Å²) in [5.74, 6) is -0.219. The van der Waals surface area contributed by atoms with E-state index in [-0.39, 0.29) is 12.0 Å². The lowest BCUT2D eigenvalue weighted by atomic mass is 10.1.